The van der Waals surface area contributed by atoms with E-state index in [-0.39, 0.29) is 5.92 Å². The lowest BCUT2D eigenvalue weighted by molar-refractivity contribution is -0.139. The molecule has 1 saturated carbocycles. The molecule has 90 valence electrons. The van der Waals surface area contributed by atoms with Gasteiger partial charge in [0.2, 0.25) is 0 Å². The first kappa shape index (κ1) is 12.7. The van der Waals surface area contributed by atoms with E-state index in [9.17, 15) is 9.59 Å². The van der Waals surface area contributed by atoms with Gasteiger partial charge in [-0.05, 0) is 18.8 Å². The highest BCUT2D eigenvalue weighted by atomic mass is 16.5. The minimum Gasteiger partial charge on any atom is -0.466 e. The molecule has 0 heterocycles. The van der Waals surface area contributed by atoms with Gasteiger partial charge in [-0.1, -0.05) is 19.3 Å². The Balaban J connectivity index is 2.81. The molecule has 0 atom stereocenters. The smallest absolute Gasteiger partial charge is 0.334 e. The molecule has 1 aliphatic carbocycles. The van der Waals surface area contributed by atoms with Crippen molar-refractivity contribution in [2.45, 2.75) is 32.1 Å². The highest BCUT2D eigenvalue weighted by Gasteiger charge is 2.24. The van der Waals surface area contributed by atoms with E-state index in [1.165, 1.54) is 26.7 Å². The summed E-state index contributed by atoms with van der Waals surface area (Å²) in [5.41, 5.74) is 0.453. The molecule has 1 rings (SSSR count). The van der Waals surface area contributed by atoms with E-state index < -0.39 is 11.9 Å². The number of carbonyl (C=O) groups is 2. The number of rotatable bonds is 3. The molecule has 0 radical (unpaired) electrons. The molecule has 1 aliphatic rings. The predicted octanol–water partition coefficient (Wildman–Crippen LogP) is 1.84. The third kappa shape index (κ3) is 3.36. The highest BCUT2D eigenvalue weighted by molar-refractivity contribution is 5.96. The molecule has 0 spiro atoms. The molecular weight excluding hydrogens is 208 g/mol. The summed E-state index contributed by atoms with van der Waals surface area (Å²) in [6, 6.07) is 0. The van der Waals surface area contributed by atoms with Gasteiger partial charge in [0.25, 0.3) is 0 Å². The second kappa shape index (κ2) is 6.30. The summed E-state index contributed by atoms with van der Waals surface area (Å²) in [5, 5.41) is 0. The van der Waals surface area contributed by atoms with Crippen molar-refractivity contribution < 1.29 is 19.1 Å². The van der Waals surface area contributed by atoms with E-state index in [1.807, 2.05) is 0 Å². The van der Waals surface area contributed by atoms with Crippen LogP contribution in [0.5, 0.6) is 0 Å². The molecule has 0 aromatic rings. The summed E-state index contributed by atoms with van der Waals surface area (Å²) in [4.78, 5) is 22.7. The topological polar surface area (TPSA) is 52.6 Å². The molecule has 1 fully saturated rings. The van der Waals surface area contributed by atoms with Gasteiger partial charge in [0.05, 0.1) is 14.2 Å². The lowest BCUT2D eigenvalue weighted by atomic mass is 9.83. The number of esters is 2. The van der Waals surface area contributed by atoms with Crippen molar-refractivity contribution in [2.75, 3.05) is 14.2 Å². The van der Waals surface area contributed by atoms with Crippen molar-refractivity contribution in [3.8, 4) is 0 Å². The number of hydrogen-bond acceptors (Lipinski definition) is 4. The minimum atomic E-state index is -0.494. The molecule has 4 nitrogen and oxygen atoms in total. The van der Waals surface area contributed by atoms with E-state index in [0.717, 1.165) is 25.7 Å². The Morgan fingerprint density at radius 2 is 1.69 bits per heavy atom. The van der Waals surface area contributed by atoms with E-state index in [4.69, 9.17) is 4.74 Å². The van der Waals surface area contributed by atoms with Gasteiger partial charge in [0.1, 0.15) is 0 Å². The average Bonchev–Trinajstić information content (AvgIpc) is 2.35. The van der Waals surface area contributed by atoms with Gasteiger partial charge in [0, 0.05) is 11.6 Å². The summed E-state index contributed by atoms with van der Waals surface area (Å²) >= 11 is 0. The quantitative estimate of drug-likeness (QED) is 0.544. The Morgan fingerprint density at radius 1 is 1.06 bits per heavy atom. The number of hydrogen-bond donors (Lipinski definition) is 0. The molecule has 16 heavy (non-hydrogen) atoms. The first-order chi connectivity index (χ1) is 7.69. The van der Waals surface area contributed by atoms with Crippen molar-refractivity contribution >= 4 is 11.9 Å². The molecule has 0 saturated heterocycles. The summed E-state index contributed by atoms with van der Waals surface area (Å²) < 4.78 is 9.24. The second-order valence-corrected chi connectivity index (χ2v) is 3.95. The number of carbonyl (C=O) groups excluding carboxylic acids is 2. The molecule has 0 amide bonds. The summed E-state index contributed by atoms with van der Waals surface area (Å²) in [6.45, 7) is 0. The van der Waals surface area contributed by atoms with E-state index in [2.05, 4.69) is 4.74 Å². The zero-order chi connectivity index (χ0) is 12.0. The van der Waals surface area contributed by atoms with Crippen molar-refractivity contribution in [3.05, 3.63) is 11.6 Å². The van der Waals surface area contributed by atoms with Gasteiger partial charge in [0.15, 0.2) is 0 Å². The van der Waals surface area contributed by atoms with E-state index in [1.54, 1.807) is 0 Å². The second-order valence-electron chi connectivity index (χ2n) is 3.95. The van der Waals surface area contributed by atoms with Gasteiger partial charge in [-0.2, -0.15) is 0 Å². The normalized spacial score (nSPS) is 18.0. The maximum atomic E-state index is 11.6. The van der Waals surface area contributed by atoms with Crippen molar-refractivity contribution in [3.63, 3.8) is 0 Å². The number of ether oxygens (including phenoxy) is 2. The first-order valence-corrected chi connectivity index (χ1v) is 5.57. The Morgan fingerprint density at radius 3 is 2.19 bits per heavy atom. The fourth-order valence-electron chi connectivity index (χ4n) is 2.06. The molecule has 0 aromatic carbocycles. The molecule has 0 N–H and O–H groups in total. The van der Waals surface area contributed by atoms with Crippen LogP contribution in [0.15, 0.2) is 11.6 Å². The summed E-state index contributed by atoms with van der Waals surface area (Å²) in [7, 11) is 2.63. The highest BCUT2D eigenvalue weighted by Crippen LogP contribution is 2.30. The lowest BCUT2D eigenvalue weighted by Crippen LogP contribution is -2.19. The molecule has 0 unspecified atom stereocenters. The van der Waals surface area contributed by atoms with Crippen LogP contribution in [-0.2, 0) is 19.1 Å². The maximum absolute atomic E-state index is 11.6. The van der Waals surface area contributed by atoms with Crippen LogP contribution in [0.2, 0.25) is 0 Å². The lowest BCUT2D eigenvalue weighted by Gasteiger charge is -2.22. The molecule has 0 bridgehead atoms. The monoisotopic (exact) mass is 226 g/mol. The zero-order valence-corrected chi connectivity index (χ0v) is 9.82. The Kier molecular flexibility index (Phi) is 5.02. The molecule has 0 aliphatic heterocycles. The molecule has 4 heteroatoms. The third-order valence-corrected chi connectivity index (χ3v) is 2.94. The summed E-state index contributed by atoms with van der Waals surface area (Å²) in [6.07, 6.45) is 6.54. The SMILES string of the molecule is COC(=O)/C=C(/C(=O)OC)C1CCCCC1. The van der Waals surface area contributed by atoms with Crippen molar-refractivity contribution in [1.82, 2.24) is 0 Å². The molecular formula is C12H18O4. The van der Waals surface area contributed by atoms with Crippen LogP contribution in [0.3, 0.4) is 0 Å². The zero-order valence-electron chi connectivity index (χ0n) is 9.82. The van der Waals surface area contributed by atoms with Gasteiger partial charge < -0.3 is 9.47 Å². The fourth-order valence-corrected chi connectivity index (χ4v) is 2.06. The van der Waals surface area contributed by atoms with Crippen LogP contribution < -0.4 is 0 Å². The van der Waals surface area contributed by atoms with Gasteiger partial charge in [-0.3, -0.25) is 0 Å². The standard InChI is InChI=1S/C12H18O4/c1-15-11(13)8-10(12(14)16-2)9-6-4-3-5-7-9/h8-9H,3-7H2,1-2H3/b10-8+. The Hall–Kier alpha value is -1.32. The van der Waals surface area contributed by atoms with Crippen LogP contribution in [0.4, 0.5) is 0 Å². The van der Waals surface area contributed by atoms with Gasteiger partial charge >= 0.3 is 11.9 Å². The minimum absolute atomic E-state index is 0.139. The molecule has 0 aromatic heterocycles. The predicted molar refractivity (Wildman–Crippen MR) is 58.7 cm³/mol. The van der Waals surface area contributed by atoms with Crippen LogP contribution in [0.25, 0.3) is 0 Å². The summed E-state index contributed by atoms with van der Waals surface area (Å²) in [5.74, 6) is -0.774. The number of methoxy groups -OCH3 is 2. The van der Waals surface area contributed by atoms with E-state index >= 15 is 0 Å². The van der Waals surface area contributed by atoms with E-state index in [0.29, 0.717) is 5.57 Å². The van der Waals surface area contributed by atoms with Crippen LogP contribution in [0, 0.1) is 5.92 Å². The largest absolute Gasteiger partial charge is 0.466 e. The average molecular weight is 226 g/mol. The Labute approximate surface area is 95.6 Å². The first-order valence-electron chi connectivity index (χ1n) is 5.57. The third-order valence-electron chi connectivity index (χ3n) is 2.94. The van der Waals surface area contributed by atoms with Crippen molar-refractivity contribution in [2.24, 2.45) is 5.92 Å². The van der Waals surface area contributed by atoms with Crippen LogP contribution in [-0.4, -0.2) is 26.2 Å². The maximum Gasteiger partial charge on any atom is 0.334 e. The van der Waals surface area contributed by atoms with Crippen molar-refractivity contribution in [1.29, 1.82) is 0 Å². The Bertz CT molecular complexity index is 287. The fraction of sp³-hybridized carbons (Fsp3) is 0.667. The van der Waals surface area contributed by atoms with Gasteiger partial charge in [-0.25, -0.2) is 9.59 Å². The van der Waals surface area contributed by atoms with Gasteiger partial charge in [-0.15, -0.1) is 0 Å². The van der Waals surface area contributed by atoms with Crippen LogP contribution >= 0.6 is 0 Å². The van der Waals surface area contributed by atoms with Crippen LogP contribution in [0.1, 0.15) is 32.1 Å².